The van der Waals surface area contributed by atoms with E-state index < -0.39 is 6.10 Å². The van der Waals surface area contributed by atoms with Crippen LogP contribution >= 0.6 is 0 Å². The SMILES string of the molecule is CC(O)c1ccc(-c2ccc(C(=O)N(C)CCCc3nccn3C)cc2)cc1. The van der Waals surface area contributed by atoms with Crippen molar-refractivity contribution in [3.8, 4) is 11.1 Å². The van der Waals surface area contributed by atoms with Crippen molar-refractivity contribution in [1.82, 2.24) is 14.5 Å². The van der Waals surface area contributed by atoms with Crippen molar-refractivity contribution in [2.45, 2.75) is 25.9 Å². The Kier molecular flexibility index (Phi) is 6.26. The van der Waals surface area contributed by atoms with E-state index in [0.29, 0.717) is 12.1 Å². The molecule has 0 aliphatic rings. The van der Waals surface area contributed by atoms with Crippen LogP contribution in [0.2, 0.25) is 0 Å². The fourth-order valence-corrected chi connectivity index (χ4v) is 3.19. The Morgan fingerprint density at radius 3 is 2.25 bits per heavy atom. The van der Waals surface area contributed by atoms with Gasteiger partial charge in [-0.05, 0) is 42.2 Å². The molecule has 0 saturated heterocycles. The van der Waals surface area contributed by atoms with E-state index >= 15 is 0 Å². The number of benzene rings is 2. The number of carbonyl (C=O) groups is 1. The molecular formula is C23H27N3O2. The second-order valence-corrected chi connectivity index (χ2v) is 7.16. The summed E-state index contributed by atoms with van der Waals surface area (Å²) in [6, 6.07) is 15.5. The summed E-state index contributed by atoms with van der Waals surface area (Å²) in [5.74, 6) is 1.06. The molecule has 5 nitrogen and oxygen atoms in total. The zero-order chi connectivity index (χ0) is 20.1. The minimum Gasteiger partial charge on any atom is -0.389 e. The van der Waals surface area contributed by atoms with Gasteiger partial charge in [0.15, 0.2) is 0 Å². The average Bonchev–Trinajstić information content (AvgIpc) is 3.12. The summed E-state index contributed by atoms with van der Waals surface area (Å²) in [5.41, 5.74) is 3.68. The van der Waals surface area contributed by atoms with Crippen LogP contribution in [0.5, 0.6) is 0 Å². The van der Waals surface area contributed by atoms with E-state index in [-0.39, 0.29) is 5.91 Å². The summed E-state index contributed by atoms with van der Waals surface area (Å²) in [6.07, 6.45) is 4.98. The van der Waals surface area contributed by atoms with Gasteiger partial charge in [-0.15, -0.1) is 0 Å². The van der Waals surface area contributed by atoms with E-state index in [1.165, 1.54) is 0 Å². The van der Waals surface area contributed by atoms with Crippen LogP contribution in [-0.2, 0) is 13.5 Å². The third-order valence-electron chi connectivity index (χ3n) is 5.02. The number of aliphatic hydroxyl groups excluding tert-OH is 1. The first-order valence-corrected chi connectivity index (χ1v) is 9.56. The van der Waals surface area contributed by atoms with E-state index in [0.717, 1.165) is 35.4 Å². The molecular weight excluding hydrogens is 350 g/mol. The number of rotatable bonds is 7. The number of hydrogen-bond acceptors (Lipinski definition) is 3. The molecule has 146 valence electrons. The molecule has 0 spiro atoms. The smallest absolute Gasteiger partial charge is 0.253 e. The Bertz CT molecular complexity index is 912. The van der Waals surface area contributed by atoms with Crippen LogP contribution in [0.3, 0.4) is 0 Å². The van der Waals surface area contributed by atoms with Gasteiger partial charge in [-0.2, -0.15) is 0 Å². The summed E-state index contributed by atoms with van der Waals surface area (Å²) in [5, 5.41) is 9.62. The number of aryl methyl sites for hydroxylation is 2. The zero-order valence-electron chi connectivity index (χ0n) is 16.7. The van der Waals surface area contributed by atoms with Gasteiger partial charge in [0.05, 0.1) is 6.10 Å². The van der Waals surface area contributed by atoms with Gasteiger partial charge in [0.25, 0.3) is 5.91 Å². The molecule has 1 N–H and O–H groups in total. The van der Waals surface area contributed by atoms with Crippen LogP contribution in [0.25, 0.3) is 11.1 Å². The molecule has 1 unspecified atom stereocenters. The highest BCUT2D eigenvalue weighted by molar-refractivity contribution is 5.94. The molecule has 0 fully saturated rings. The summed E-state index contributed by atoms with van der Waals surface area (Å²) >= 11 is 0. The molecule has 1 heterocycles. The van der Waals surface area contributed by atoms with Gasteiger partial charge >= 0.3 is 0 Å². The van der Waals surface area contributed by atoms with Crippen LogP contribution in [0.1, 0.15) is 41.2 Å². The second-order valence-electron chi connectivity index (χ2n) is 7.16. The van der Waals surface area contributed by atoms with Crippen LogP contribution in [0.4, 0.5) is 0 Å². The largest absolute Gasteiger partial charge is 0.389 e. The van der Waals surface area contributed by atoms with Crippen molar-refractivity contribution >= 4 is 5.91 Å². The molecule has 0 aliphatic carbocycles. The fourth-order valence-electron chi connectivity index (χ4n) is 3.19. The lowest BCUT2D eigenvalue weighted by Crippen LogP contribution is -2.28. The van der Waals surface area contributed by atoms with Gasteiger partial charge in [-0.1, -0.05) is 36.4 Å². The fraction of sp³-hybridized carbons (Fsp3) is 0.304. The van der Waals surface area contributed by atoms with E-state index in [4.69, 9.17) is 0 Å². The molecule has 0 aliphatic heterocycles. The van der Waals surface area contributed by atoms with Gasteiger partial charge in [0, 0.05) is 45.0 Å². The Labute approximate surface area is 166 Å². The minimum atomic E-state index is -0.470. The number of nitrogens with zero attached hydrogens (tertiary/aromatic N) is 3. The highest BCUT2D eigenvalue weighted by Gasteiger charge is 2.12. The van der Waals surface area contributed by atoms with E-state index in [1.807, 2.05) is 73.4 Å². The number of aromatic nitrogens is 2. The number of aliphatic hydroxyl groups is 1. The maximum absolute atomic E-state index is 12.6. The first kappa shape index (κ1) is 19.8. The van der Waals surface area contributed by atoms with Crippen molar-refractivity contribution in [3.05, 3.63) is 77.9 Å². The van der Waals surface area contributed by atoms with Crippen LogP contribution < -0.4 is 0 Å². The maximum Gasteiger partial charge on any atom is 0.253 e. The molecule has 1 atom stereocenters. The molecule has 0 bridgehead atoms. The lowest BCUT2D eigenvalue weighted by atomic mass is 10.0. The second kappa shape index (κ2) is 8.85. The third-order valence-corrected chi connectivity index (χ3v) is 5.02. The summed E-state index contributed by atoms with van der Waals surface area (Å²) in [6.45, 7) is 2.44. The number of carbonyl (C=O) groups excluding carboxylic acids is 1. The molecule has 28 heavy (non-hydrogen) atoms. The summed E-state index contributed by atoms with van der Waals surface area (Å²) in [4.78, 5) is 18.7. The van der Waals surface area contributed by atoms with Crippen molar-refractivity contribution in [3.63, 3.8) is 0 Å². The topological polar surface area (TPSA) is 58.4 Å². The van der Waals surface area contributed by atoms with E-state index in [2.05, 4.69) is 4.98 Å². The molecule has 0 saturated carbocycles. The standard InChI is InChI=1S/C23H27N3O2/c1-17(27)18-6-8-19(9-7-18)20-10-12-21(13-11-20)23(28)26(3)15-4-5-22-24-14-16-25(22)2/h6-14,16-17,27H,4-5,15H2,1-3H3. The van der Waals surface area contributed by atoms with Gasteiger partial charge in [-0.25, -0.2) is 4.98 Å². The first-order chi connectivity index (χ1) is 13.5. The molecule has 3 aromatic rings. The van der Waals surface area contributed by atoms with E-state index in [9.17, 15) is 9.90 Å². The van der Waals surface area contributed by atoms with Crippen LogP contribution in [-0.4, -0.2) is 39.1 Å². The monoisotopic (exact) mass is 377 g/mol. The number of imidazole rings is 1. The molecule has 1 amide bonds. The van der Waals surface area contributed by atoms with Crippen molar-refractivity contribution in [2.24, 2.45) is 7.05 Å². The van der Waals surface area contributed by atoms with Crippen molar-refractivity contribution in [1.29, 1.82) is 0 Å². The predicted molar refractivity (Wildman–Crippen MR) is 111 cm³/mol. The summed E-state index contributed by atoms with van der Waals surface area (Å²) in [7, 11) is 3.82. The Morgan fingerprint density at radius 2 is 1.71 bits per heavy atom. The number of hydrogen-bond donors (Lipinski definition) is 1. The van der Waals surface area contributed by atoms with Crippen LogP contribution in [0.15, 0.2) is 60.9 Å². The summed E-state index contributed by atoms with van der Waals surface area (Å²) < 4.78 is 2.01. The quantitative estimate of drug-likeness (QED) is 0.680. The van der Waals surface area contributed by atoms with Gasteiger partial charge in [0.2, 0.25) is 0 Å². The Balaban J connectivity index is 1.58. The molecule has 1 aromatic heterocycles. The van der Waals surface area contributed by atoms with Crippen molar-refractivity contribution in [2.75, 3.05) is 13.6 Å². The Hall–Kier alpha value is -2.92. The van der Waals surface area contributed by atoms with Crippen molar-refractivity contribution < 1.29 is 9.90 Å². The van der Waals surface area contributed by atoms with Gasteiger partial charge in [0.1, 0.15) is 5.82 Å². The lowest BCUT2D eigenvalue weighted by molar-refractivity contribution is 0.0793. The highest BCUT2D eigenvalue weighted by Crippen LogP contribution is 2.22. The predicted octanol–water partition coefficient (Wildman–Crippen LogP) is 3.85. The first-order valence-electron chi connectivity index (χ1n) is 9.56. The Morgan fingerprint density at radius 1 is 1.11 bits per heavy atom. The molecule has 5 heteroatoms. The van der Waals surface area contributed by atoms with E-state index in [1.54, 1.807) is 18.0 Å². The maximum atomic E-state index is 12.6. The van der Waals surface area contributed by atoms with Gasteiger partial charge < -0.3 is 14.6 Å². The lowest BCUT2D eigenvalue weighted by Gasteiger charge is -2.17. The van der Waals surface area contributed by atoms with Crippen LogP contribution in [0, 0.1) is 0 Å². The average molecular weight is 377 g/mol. The third kappa shape index (κ3) is 4.67. The van der Waals surface area contributed by atoms with Gasteiger partial charge in [-0.3, -0.25) is 4.79 Å². The zero-order valence-corrected chi connectivity index (χ0v) is 16.7. The number of amides is 1. The normalized spacial score (nSPS) is 12.0. The molecule has 2 aromatic carbocycles. The minimum absolute atomic E-state index is 0.0239. The molecule has 3 rings (SSSR count). The highest BCUT2D eigenvalue weighted by atomic mass is 16.3. The molecule has 0 radical (unpaired) electrons.